The van der Waals surface area contributed by atoms with Gasteiger partial charge in [0, 0.05) is 18.8 Å². The molecule has 5 heteroatoms. The summed E-state index contributed by atoms with van der Waals surface area (Å²) in [4.78, 5) is 15.7. The van der Waals surface area contributed by atoms with E-state index in [0.717, 1.165) is 18.8 Å². The summed E-state index contributed by atoms with van der Waals surface area (Å²) in [5.41, 5.74) is 3.42. The molecule has 25 heavy (non-hydrogen) atoms. The second-order valence-corrected chi connectivity index (χ2v) is 6.00. The van der Waals surface area contributed by atoms with Gasteiger partial charge in [-0.25, -0.2) is 0 Å². The van der Waals surface area contributed by atoms with E-state index in [1.165, 1.54) is 11.1 Å². The lowest BCUT2D eigenvalue weighted by atomic mass is 10.2. The summed E-state index contributed by atoms with van der Waals surface area (Å²) in [7, 11) is 0. The van der Waals surface area contributed by atoms with Gasteiger partial charge in [0.05, 0.1) is 0 Å². The molecule has 2 aromatic carbocycles. The van der Waals surface area contributed by atoms with E-state index >= 15 is 0 Å². The smallest absolute Gasteiger partial charge is 0.232 e. The maximum atomic E-state index is 4.61. The number of anilines is 3. The summed E-state index contributed by atoms with van der Waals surface area (Å²) in [5, 5.41) is 3.27. The highest BCUT2D eigenvalue weighted by Crippen LogP contribution is 2.18. The molecule has 1 N–H and O–H groups in total. The third kappa shape index (κ3) is 4.53. The van der Waals surface area contributed by atoms with Gasteiger partial charge in [0.25, 0.3) is 0 Å². The Morgan fingerprint density at radius 1 is 0.880 bits per heavy atom. The molecular formula is C20H23N5. The predicted molar refractivity (Wildman–Crippen MR) is 102 cm³/mol. The van der Waals surface area contributed by atoms with E-state index in [4.69, 9.17) is 0 Å². The number of aromatic nitrogens is 3. The molecule has 0 radical (unpaired) electrons. The van der Waals surface area contributed by atoms with Crippen LogP contribution in [0.3, 0.4) is 0 Å². The Balaban J connectivity index is 1.83. The van der Waals surface area contributed by atoms with E-state index in [0.29, 0.717) is 17.7 Å². The van der Waals surface area contributed by atoms with Crippen molar-refractivity contribution in [3.63, 3.8) is 0 Å². The lowest BCUT2D eigenvalue weighted by Crippen LogP contribution is -2.25. The summed E-state index contributed by atoms with van der Waals surface area (Å²) in [6.07, 6.45) is 0. The highest BCUT2D eigenvalue weighted by atomic mass is 15.3. The van der Waals surface area contributed by atoms with Crippen LogP contribution in [0.4, 0.5) is 17.6 Å². The summed E-state index contributed by atoms with van der Waals surface area (Å²) in [6.45, 7) is 7.65. The zero-order valence-corrected chi connectivity index (χ0v) is 14.9. The van der Waals surface area contributed by atoms with Crippen LogP contribution in [-0.2, 0) is 6.54 Å². The summed E-state index contributed by atoms with van der Waals surface area (Å²) < 4.78 is 0. The highest BCUT2D eigenvalue weighted by molar-refractivity contribution is 5.54. The third-order valence-electron chi connectivity index (χ3n) is 3.92. The molecule has 0 atom stereocenters. The van der Waals surface area contributed by atoms with Crippen molar-refractivity contribution in [3.05, 3.63) is 71.5 Å². The molecule has 0 unspecified atom stereocenters. The van der Waals surface area contributed by atoms with Gasteiger partial charge < -0.3 is 10.2 Å². The number of nitrogens with zero attached hydrogens (tertiary/aromatic N) is 4. The largest absolute Gasteiger partial charge is 0.337 e. The zero-order chi connectivity index (χ0) is 17.6. The molecule has 0 amide bonds. The predicted octanol–water partition coefficient (Wildman–Crippen LogP) is 4.26. The third-order valence-corrected chi connectivity index (χ3v) is 3.92. The van der Waals surface area contributed by atoms with Crippen molar-refractivity contribution in [1.29, 1.82) is 0 Å². The summed E-state index contributed by atoms with van der Waals surface area (Å²) in [6, 6.07) is 18.5. The van der Waals surface area contributed by atoms with Crippen LogP contribution >= 0.6 is 0 Å². The van der Waals surface area contributed by atoms with E-state index in [1.807, 2.05) is 37.3 Å². The molecule has 0 fully saturated rings. The van der Waals surface area contributed by atoms with Crippen molar-refractivity contribution in [2.24, 2.45) is 0 Å². The number of nitrogens with one attached hydrogen (secondary N) is 1. The van der Waals surface area contributed by atoms with Crippen LogP contribution in [-0.4, -0.2) is 21.5 Å². The van der Waals surface area contributed by atoms with E-state index in [1.54, 1.807) is 0 Å². The van der Waals surface area contributed by atoms with Crippen LogP contribution in [0.5, 0.6) is 0 Å². The average Bonchev–Trinajstić information content (AvgIpc) is 2.62. The van der Waals surface area contributed by atoms with Gasteiger partial charge in [-0.2, -0.15) is 15.0 Å². The van der Waals surface area contributed by atoms with Gasteiger partial charge in [-0.1, -0.05) is 48.0 Å². The van der Waals surface area contributed by atoms with Crippen molar-refractivity contribution in [2.75, 3.05) is 16.8 Å². The van der Waals surface area contributed by atoms with E-state index in [9.17, 15) is 0 Å². The second-order valence-electron chi connectivity index (χ2n) is 6.00. The van der Waals surface area contributed by atoms with Crippen LogP contribution < -0.4 is 10.2 Å². The standard InChI is InChI=1S/C20H23N5/c1-4-25(14-17-8-6-5-7-9-17)20-22-16(3)21-19(24-20)23-18-12-10-15(2)11-13-18/h5-13H,4,14H2,1-3H3,(H,21,22,23,24). The van der Waals surface area contributed by atoms with Gasteiger partial charge in [0.1, 0.15) is 5.82 Å². The number of hydrogen-bond acceptors (Lipinski definition) is 5. The van der Waals surface area contributed by atoms with Gasteiger partial charge >= 0.3 is 0 Å². The minimum absolute atomic E-state index is 0.567. The van der Waals surface area contributed by atoms with E-state index in [2.05, 4.69) is 63.3 Å². The van der Waals surface area contributed by atoms with Gasteiger partial charge in [-0.05, 0) is 38.5 Å². The van der Waals surface area contributed by atoms with Crippen LogP contribution in [0, 0.1) is 13.8 Å². The summed E-state index contributed by atoms with van der Waals surface area (Å²) >= 11 is 0. The Morgan fingerprint density at radius 3 is 2.28 bits per heavy atom. The molecule has 0 aliphatic rings. The molecule has 5 nitrogen and oxygen atoms in total. The van der Waals surface area contributed by atoms with Crippen molar-refractivity contribution in [3.8, 4) is 0 Å². The lowest BCUT2D eigenvalue weighted by molar-refractivity contribution is 0.778. The van der Waals surface area contributed by atoms with Gasteiger partial charge in [0.15, 0.2) is 0 Å². The van der Waals surface area contributed by atoms with Crippen LogP contribution in [0.15, 0.2) is 54.6 Å². The monoisotopic (exact) mass is 333 g/mol. The van der Waals surface area contributed by atoms with Crippen LogP contribution in [0.25, 0.3) is 0 Å². The Hall–Kier alpha value is -2.95. The molecule has 0 saturated heterocycles. The number of aryl methyl sites for hydroxylation is 2. The maximum Gasteiger partial charge on any atom is 0.232 e. The average molecular weight is 333 g/mol. The van der Waals surface area contributed by atoms with Crippen molar-refractivity contribution < 1.29 is 0 Å². The quantitative estimate of drug-likeness (QED) is 0.730. The van der Waals surface area contributed by atoms with Gasteiger partial charge in [0.2, 0.25) is 11.9 Å². The van der Waals surface area contributed by atoms with Crippen molar-refractivity contribution in [1.82, 2.24) is 15.0 Å². The molecule has 3 rings (SSSR count). The van der Waals surface area contributed by atoms with Crippen molar-refractivity contribution in [2.45, 2.75) is 27.3 Å². The van der Waals surface area contributed by atoms with Crippen LogP contribution in [0.1, 0.15) is 23.9 Å². The molecule has 0 saturated carbocycles. The first-order valence-electron chi connectivity index (χ1n) is 8.49. The molecule has 0 bridgehead atoms. The Morgan fingerprint density at radius 2 is 1.60 bits per heavy atom. The minimum atomic E-state index is 0.567. The second kappa shape index (κ2) is 7.75. The molecule has 1 heterocycles. The van der Waals surface area contributed by atoms with Crippen LogP contribution in [0.2, 0.25) is 0 Å². The van der Waals surface area contributed by atoms with E-state index < -0.39 is 0 Å². The lowest BCUT2D eigenvalue weighted by Gasteiger charge is -2.21. The minimum Gasteiger partial charge on any atom is -0.337 e. The number of hydrogen-bond donors (Lipinski definition) is 1. The first-order chi connectivity index (χ1) is 12.1. The fraction of sp³-hybridized carbons (Fsp3) is 0.250. The fourth-order valence-corrected chi connectivity index (χ4v) is 2.56. The molecule has 0 aliphatic heterocycles. The SMILES string of the molecule is CCN(Cc1ccccc1)c1nc(C)nc(Nc2ccc(C)cc2)n1. The first kappa shape index (κ1) is 16.9. The molecule has 3 aromatic rings. The molecular weight excluding hydrogens is 310 g/mol. The van der Waals surface area contributed by atoms with Gasteiger partial charge in [-0.3, -0.25) is 0 Å². The maximum absolute atomic E-state index is 4.61. The molecule has 0 spiro atoms. The fourth-order valence-electron chi connectivity index (χ4n) is 2.56. The number of rotatable bonds is 6. The number of benzene rings is 2. The highest BCUT2D eigenvalue weighted by Gasteiger charge is 2.11. The van der Waals surface area contributed by atoms with Gasteiger partial charge in [-0.15, -0.1) is 0 Å². The normalized spacial score (nSPS) is 10.5. The molecule has 128 valence electrons. The molecule has 0 aliphatic carbocycles. The Kier molecular flexibility index (Phi) is 5.23. The first-order valence-corrected chi connectivity index (χ1v) is 8.49. The van der Waals surface area contributed by atoms with Crippen molar-refractivity contribution >= 4 is 17.6 Å². The zero-order valence-electron chi connectivity index (χ0n) is 14.9. The van der Waals surface area contributed by atoms with E-state index in [-0.39, 0.29) is 0 Å². The molecule has 1 aromatic heterocycles. The topological polar surface area (TPSA) is 53.9 Å². The Labute approximate surface area is 148 Å². The summed E-state index contributed by atoms with van der Waals surface area (Å²) in [5.74, 6) is 1.96. The Bertz CT molecular complexity index is 815.